The van der Waals surface area contributed by atoms with Gasteiger partial charge in [0, 0.05) is 5.56 Å². The Morgan fingerprint density at radius 1 is 1.44 bits per heavy atom. The predicted molar refractivity (Wildman–Crippen MR) is 60.8 cm³/mol. The number of carbonyl (C=O) groups is 1. The number of carbonyl (C=O) groups excluding carboxylic acids is 1. The van der Waals surface area contributed by atoms with Crippen LogP contribution in [0.1, 0.15) is 35.7 Å². The highest BCUT2D eigenvalue weighted by Gasteiger charge is 2.44. The van der Waals surface area contributed by atoms with E-state index in [0.717, 1.165) is 18.4 Å². The molecule has 1 atom stereocenters. The van der Waals surface area contributed by atoms with E-state index >= 15 is 0 Å². The highest BCUT2D eigenvalue weighted by molar-refractivity contribution is 6.03. The first-order valence-electron chi connectivity index (χ1n) is 5.52. The minimum atomic E-state index is -0.847. The average molecular weight is 221 g/mol. The Kier molecular flexibility index (Phi) is 2.58. The normalized spacial score (nSPS) is 19.2. The van der Waals surface area contributed by atoms with Gasteiger partial charge in [0.15, 0.2) is 5.78 Å². The van der Waals surface area contributed by atoms with Gasteiger partial charge >= 0.3 is 0 Å². The van der Waals surface area contributed by atoms with Gasteiger partial charge in [0.05, 0.1) is 5.54 Å². The molecule has 0 aliphatic heterocycles. The zero-order chi connectivity index (χ0) is 11.9. The standard InChI is InChI=1S/C13H16FNO/c1-8-5-9(7-11(14)6-8)12(16)13(2,15)10-3-4-10/h5-7,10H,3-4,15H2,1-2H3. The van der Waals surface area contributed by atoms with E-state index in [0.29, 0.717) is 5.56 Å². The van der Waals surface area contributed by atoms with Crippen molar-refractivity contribution in [2.75, 3.05) is 0 Å². The molecular weight excluding hydrogens is 205 g/mol. The van der Waals surface area contributed by atoms with Gasteiger partial charge in [-0.2, -0.15) is 0 Å². The number of rotatable bonds is 3. The summed E-state index contributed by atoms with van der Waals surface area (Å²) in [7, 11) is 0. The minimum absolute atomic E-state index is 0.155. The molecule has 0 aromatic heterocycles. The summed E-state index contributed by atoms with van der Waals surface area (Å²) in [5.41, 5.74) is 6.31. The van der Waals surface area contributed by atoms with Crippen LogP contribution in [0.4, 0.5) is 4.39 Å². The second-order valence-corrected chi connectivity index (χ2v) is 4.90. The maximum absolute atomic E-state index is 13.2. The average Bonchev–Trinajstić information content (AvgIpc) is 2.97. The van der Waals surface area contributed by atoms with Crippen LogP contribution >= 0.6 is 0 Å². The SMILES string of the molecule is Cc1cc(F)cc(C(=O)C(C)(N)C2CC2)c1. The Bertz CT molecular complexity index is 415. The van der Waals surface area contributed by atoms with Crippen molar-refractivity contribution in [3.05, 3.63) is 35.1 Å². The second-order valence-electron chi connectivity index (χ2n) is 4.90. The molecule has 3 heteroatoms. The Morgan fingerprint density at radius 2 is 2.06 bits per heavy atom. The second kappa shape index (κ2) is 3.67. The zero-order valence-corrected chi connectivity index (χ0v) is 9.59. The first-order valence-corrected chi connectivity index (χ1v) is 5.52. The van der Waals surface area contributed by atoms with Crippen molar-refractivity contribution >= 4 is 5.78 Å². The van der Waals surface area contributed by atoms with Crippen molar-refractivity contribution in [2.45, 2.75) is 32.2 Å². The van der Waals surface area contributed by atoms with E-state index in [9.17, 15) is 9.18 Å². The third-order valence-corrected chi connectivity index (χ3v) is 3.22. The molecule has 0 saturated heterocycles. The summed E-state index contributed by atoms with van der Waals surface area (Å²) in [4.78, 5) is 12.2. The number of ketones is 1. The molecule has 0 radical (unpaired) electrons. The number of nitrogens with two attached hydrogens (primary N) is 1. The van der Waals surface area contributed by atoms with Crippen LogP contribution in [0.3, 0.4) is 0 Å². The summed E-state index contributed by atoms with van der Waals surface area (Å²) in [5, 5.41) is 0. The fraction of sp³-hybridized carbons (Fsp3) is 0.462. The van der Waals surface area contributed by atoms with E-state index in [2.05, 4.69) is 0 Å². The largest absolute Gasteiger partial charge is 0.319 e. The summed E-state index contributed by atoms with van der Waals surface area (Å²) in [5.74, 6) is -0.281. The van der Waals surface area contributed by atoms with Crippen LogP contribution in [-0.2, 0) is 0 Å². The van der Waals surface area contributed by atoms with Gasteiger partial charge in [-0.05, 0) is 56.4 Å². The van der Waals surface area contributed by atoms with Gasteiger partial charge in [0.25, 0.3) is 0 Å². The fourth-order valence-corrected chi connectivity index (χ4v) is 2.05. The summed E-state index contributed by atoms with van der Waals surface area (Å²) >= 11 is 0. The van der Waals surface area contributed by atoms with E-state index in [-0.39, 0.29) is 17.5 Å². The highest BCUT2D eigenvalue weighted by Crippen LogP contribution is 2.39. The number of Topliss-reactive ketones (excluding diaryl/α,β-unsaturated/α-hetero) is 1. The molecule has 1 aliphatic carbocycles. The van der Waals surface area contributed by atoms with Crippen molar-refractivity contribution in [3.63, 3.8) is 0 Å². The molecule has 2 rings (SSSR count). The summed E-state index contributed by atoms with van der Waals surface area (Å²) in [6, 6.07) is 4.36. The van der Waals surface area contributed by atoms with Gasteiger partial charge in [-0.3, -0.25) is 4.79 Å². The lowest BCUT2D eigenvalue weighted by atomic mass is 9.87. The topological polar surface area (TPSA) is 43.1 Å². The molecule has 2 N–H and O–H groups in total. The summed E-state index contributed by atoms with van der Waals surface area (Å²) < 4.78 is 13.2. The third-order valence-electron chi connectivity index (χ3n) is 3.22. The quantitative estimate of drug-likeness (QED) is 0.797. The van der Waals surface area contributed by atoms with Gasteiger partial charge in [-0.25, -0.2) is 4.39 Å². The van der Waals surface area contributed by atoms with E-state index < -0.39 is 5.54 Å². The molecule has 1 fully saturated rings. The fourth-order valence-electron chi connectivity index (χ4n) is 2.05. The molecule has 1 aliphatic rings. The number of hydrogen-bond donors (Lipinski definition) is 1. The number of hydrogen-bond acceptors (Lipinski definition) is 2. The number of halogens is 1. The van der Waals surface area contributed by atoms with Crippen LogP contribution < -0.4 is 5.73 Å². The van der Waals surface area contributed by atoms with Crippen molar-refractivity contribution in [1.29, 1.82) is 0 Å². The molecule has 0 heterocycles. The van der Waals surface area contributed by atoms with Crippen molar-refractivity contribution < 1.29 is 9.18 Å². The molecule has 1 saturated carbocycles. The van der Waals surface area contributed by atoms with Crippen LogP contribution in [0.25, 0.3) is 0 Å². The molecule has 0 amide bonds. The molecule has 1 aromatic rings. The number of benzene rings is 1. The van der Waals surface area contributed by atoms with E-state index in [1.165, 1.54) is 12.1 Å². The lowest BCUT2D eigenvalue weighted by molar-refractivity contribution is 0.0883. The van der Waals surface area contributed by atoms with E-state index in [1.54, 1.807) is 19.9 Å². The monoisotopic (exact) mass is 221 g/mol. The van der Waals surface area contributed by atoms with Gasteiger partial charge in [-0.15, -0.1) is 0 Å². The van der Waals surface area contributed by atoms with Crippen LogP contribution in [0, 0.1) is 18.7 Å². The molecule has 0 spiro atoms. The van der Waals surface area contributed by atoms with Gasteiger partial charge in [0.2, 0.25) is 0 Å². The van der Waals surface area contributed by atoms with Crippen molar-refractivity contribution in [1.82, 2.24) is 0 Å². The molecule has 1 aromatic carbocycles. The highest BCUT2D eigenvalue weighted by atomic mass is 19.1. The summed E-state index contributed by atoms with van der Waals surface area (Å²) in [6.07, 6.45) is 1.99. The Balaban J connectivity index is 2.33. The maximum Gasteiger partial charge on any atom is 0.182 e. The van der Waals surface area contributed by atoms with Crippen LogP contribution in [0.15, 0.2) is 18.2 Å². The van der Waals surface area contributed by atoms with Crippen LogP contribution in [0.2, 0.25) is 0 Å². The molecule has 86 valence electrons. The van der Waals surface area contributed by atoms with Gasteiger partial charge < -0.3 is 5.73 Å². The minimum Gasteiger partial charge on any atom is -0.319 e. The van der Waals surface area contributed by atoms with Crippen LogP contribution in [0.5, 0.6) is 0 Å². The lowest BCUT2D eigenvalue weighted by Crippen LogP contribution is -2.47. The van der Waals surface area contributed by atoms with Crippen LogP contribution in [-0.4, -0.2) is 11.3 Å². The van der Waals surface area contributed by atoms with Crippen molar-refractivity contribution in [3.8, 4) is 0 Å². The van der Waals surface area contributed by atoms with Gasteiger partial charge in [-0.1, -0.05) is 0 Å². The van der Waals surface area contributed by atoms with E-state index in [4.69, 9.17) is 5.73 Å². The lowest BCUT2D eigenvalue weighted by Gasteiger charge is -2.22. The Hall–Kier alpha value is -1.22. The maximum atomic E-state index is 13.2. The smallest absolute Gasteiger partial charge is 0.182 e. The molecule has 2 nitrogen and oxygen atoms in total. The molecule has 16 heavy (non-hydrogen) atoms. The van der Waals surface area contributed by atoms with E-state index in [1.807, 2.05) is 0 Å². The zero-order valence-electron chi connectivity index (χ0n) is 9.59. The van der Waals surface area contributed by atoms with Crippen molar-refractivity contribution in [2.24, 2.45) is 11.7 Å². The molecule has 1 unspecified atom stereocenters. The Labute approximate surface area is 94.6 Å². The third kappa shape index (κ3) is 2.00. The molecular formula is C13H16FNO. The first kappa shape index (κ1) is 11.3. The Morgan fingerprint density at radius 3 is 2.56 bits per heavy atom. The summed E-state index contributed by atoms with van der Waals surface area (Å²) in [6.45, 7) is 3.51. The predicted octanol–water partition coefficient (Wildman–Crippen LogP) is 2.44. The van der Waals surface area contributed by atoms with Gasteiger partial charge in [0.1, 0.15) is 5.82 Å². The molecule has 0 bridgehead atoms. The first-order chi connectivity index (χ1) is 7.41. The number of aryl methyl sites for hydroxylation is 1.